The van der Waals surface area contributed by atoms with Crippen molar-refractivity contribution in [1.29, 1.82) is 0 Å². The van der Waals surface area contributed by atoms with E-state index in [4.69, 9.17) is 9.47 Å². The molecule has 3 nitrogen and oxygen atoms in total. The monoisotopic (exact) mass is 480 g/mol. The van der Waals surface area contributed by atoms with Crippen LogP contribution in [-0.4, -0.2) is 18.2 Å². The van der Waals surface area contributed by atoms with Crippen molar-refractivity contribution in [3.8, 4) is 0 Å². The first-order valence-electron chi connectivity index (χ1n) is 13.6. The summed E-state index contributed by atoms with van der Waals surface area (Å²) in [6, 6.07) is 24.5. The smallest absolute Gasteiger partial charge is 0.308 e. The van der Waals surface area contributed by atoms with Gasteiger partial charge in [0.05, 0.1) is 17.6 Å². The Morgan fingerprint density at radius 2 is 1.36 bits per heavy atom. The molecule has 0 N–H and O–H groups in total. The highest BCUT2D eigenvalue weighted by molar-refractivity contribution is 6.04. The van der Waals surface area contributed by atoms with Crippen LogP contribution in [0, 0.1) is 17.8 Å². The molecule has 5 atom stereocenters. The predicted octanol–water partition coefficient (Wildman–Crippen LogP) is 8.15. The standard InChI is InChI=1S/C33H36O3/c1-5-20(2)32(34)35-30-18-28-16-27(30)19-31(28)36-33(3,4)29-11-10-23-14-24-12-21-8-6-7-9-22(21)13-25(24)15-26(23)17-29/h6-15,17,20,27-28,30-31H,5,16,18-19H2,1-4H3. The number of hydrogen-bond donors (Lipinski definition) is 0. The molecule has 0 amide bonds. The Balaban J connectivity index is 1.20. The lowest BCUT2D eigenvalue weighted by atomic mass is 9.91. The first-order valence-corrected chi connectivity index (χ1v) is 13.6. The predicted molar refractivity (Wildman–Crippen MR) is 147 cm³/mol. The second-order valence-corrected chi connectivity index (χ2v) is 11.6. The number of hydrogen-bond acceptors (Lipinski definition) is 3. The number of carbonyl (C=O) groups is 1. The van der Waals surface area contributed by atoms with E-state index in [-0.39, 0.29) is 29.7 Å². The Kier molecular flexibility index (Phi) is 5.80. The summed E-state index contributed by atoms with van der Waals surface area (Å²) >= 11 is 0. The molecule has 2 saturated carbocycles. The van der Waals surface area contributed by atoms with E-state index in [1.54, 1.807) is 0 Å². The van der Waals surface area contributed by atoms with Crippen LogP contribution in [0.1, 0.15) is 58.9 Å². The molecule has 3 heteroatoms. The van der Waals surface area contributed by atoms with Gasteiger partial charge in [-0.3, -0.25) is 4.79 Å². The van der Waals surface area contributed by atoms with Crippen molar-refractivity contribution >= 4 is 38.3 Å². The number of fused-ring (bicyclic) bond motifs is 5. The lowest BCUT2D eigenvalue weighted by Gasteiger charge is -2.35. The van der Waals surface area contributed by atoms with Crippen molar-refractivity contribution in [3.05, 3.63) is 72.3 Å². The number of ether oxygens (including phenoxy) is 2. The minimum Gasteiger partial charge on any atom is -0.462 e. The summed E-state index contributed by atoms with van der Waals surface area (Å²) in [5, 5.41) is 7.59. The molecule has 0 aliphatic heterocycles. The normalized spacial score (nSPS) is 24.6. The van der Waals surface area contributed by atoms with Gasteiger partial charge in [0, 0.05) is 0 Å². The maximum absolute atomic E-state index is 12.3. The lowest BCUT2D eigenvalue weighted by molar-refractivity contribution is -0.160. The van der Waals surface area contributed by atoms with E-state index < -0.39 is 0 Å². The summed E-state index contributed by atoms with van der Waals surface area (Å²) in [7, 11) is 0. The van der Waals surface area contributed by atoms with Gasteiger partial charge in [-0.2, -0.15) is 0 Å². The lowest BCUT2D eigenvalue weighted by Crippen LogP contribution is -2.36. The van der Waals surface area contributed by atoms with Crippen molar-refractivity contribution in [2.45, 2.75) is 71.2 Å². The van der Waals surface area contributed by atoms with Gasteiger partial charge >= 0.3 is 5.97 Å². The van der Waals surface area contributed by atoms with Crippen molar-refractivity contribution in [2.24, 2.45) is 17.8 Å². The molecule has 0 aromatic heterocycles. The van der Waals surface area contributed by atoms with E-state index in [9.17, 15) is 4.79 Å². The maximum atomic E-state index is 12.3. The first kappa shape index (κ1) is 23.5. The molecule has 0 saturated heterocycles. The van der Waals surface area contributed by atoms with Crippen LogP contribution in [0.2, 0.25) is 0 Å². The summed E-state index contributed by atoms with van der Waals surface area (Å²) in [6.45, 7) is 8.37. The van der Waals surface area contributed by atoms with Crippen molar-refractivity contribution in [1.82, 2.24) is 0 Å². The Hall–Kier alpha value is -2.91. The second-order valence-electron chi connectivity index (χ2n) is 11.6. The molecule has 5 unspecified atom stereocenters. The molecule has 4 aromatic rings. The summed E-state index contributed by atoms with van der Waals surface area (Å²) in [4.78, 5) is 12.3. The Bertz CT molecular complexity index is 1450. The zero-order valence-corrected chi connectivity index (χ0v) is 21.8. The van der Waals surface area contributed by atoms with Crippen LogP contribution >= 0.6 is 0 Å². The molecule has 186 valence electrons. The highest BCUT2D eigenvalue weighted by atomic mass is 16.5. The van der Waals surface area contributed by atoms with Crippen LogP contribution in [-0.2, 0) is 19.9 Å². The summed E-state index contributed by atoms with van der Waals surface area (Å²) in [5.74, 6) is 0.853. The third kappa shape index (κ3) is 4.18. The fourth-order valence-corrected chi connectivity index (χ4v) is 6.40. The zero-order chi connectivity index (χ0) is 25.0. The molecule has 2 aliphatic rings. The fraction of sp³-hybridized carbons (Fsp3) is 0.424. The zero-order valence-electron chi connectivity index (χ0n) is 21.8. The van der Waals surface area contributed by atoms with E-state index in [2.05, 4.69) is 80.6 Å². The average Bonchev–Trinajstić information content (AvgIpc) is 3.44. The van der Waals surface area contributed by atoms with E-state index >= 15 is 0 Å². The van der Waals surface area contributed by atoms with Crippen LogP contribution in [0.15, 0.2) is 66.7 Å². The molecule has 2 fully saturated rings. The van der Waals surface area contributed by atoms with Gasteiger partial charge in [-0.1, -0.05) is 50.2 Å². The van der Waals surface area contributed by atoms with Gasteiger partial charge in [0.25, 0.3) is 0 Å². The molecule has 4 aromatic carbocycles. The minimum absolute atomic E-state index is 0.0150. The van der Waals surface area contributed by atoms with Crippen LogP contribution in [0.25, 0.3) is 32.3 Å². The van der Waals surface area contributed by atoms with Gasteiger partial charge in [-0.15, -0.1) is 0 Å². The Morgan fingerprint density at radius 3 is 1.97 bits per heavy atom. The average molecular weight is 481 g/mol. The minimum atomic E-state index is -0.384. The number of benzene rings is 4. The third-order valence-electron chi connectivity index (χ3n) is 8.81. The molecule has 0 radical (unpaired) electrons. The van der Waals surface area contributed by atoms with Crippen molar-refractivity contribution in [3.63, 3.8) is 0 Å². The molecule has 0 spiro atoms. The molecule has 0 heterocycles. The number of carbonyl (C=O) groups excluding carboxylic acids is 1. The molecular weight excluding hydrogens is 444 g/mol. The quantitative estimate of drug-likeness (QED) is 0.206. The highest BCUT2D eigenvalue weighted by Gasteiger charge is 2.49. The largest absolute Gasteiger partial charge is 0.462 e. The SMILES string of the molecule is CCC(C)C(=O)OC1CC2CC1CC2OC(C)(C)c1ccc2cc3cc4ccccc4cc3cc2c1. The van der Waals surface area contributed by atoms with Gasteiger partial charge in [0.2, 0.25) is 0 Å². The van der Waals surface area contributed by atoms with Gasteiger partial charge in [-0.25, -0.2) is 0 Å². The molecule has 2 bridgehead atoms. The van der Waals surface area contributed by atoms with Crippen LogP contribution in [0.5, 0.6) is 0 Å². The fourth-order valence-electron chi connectivity index (χ4n) is 6.40. The second kappa shape index (κ2) is 8.88. The Labute approximate surface area is 213 Å². The van der Waals surface area contributed by atoms with E-state index in [1.807, 2.05) is 13.8 Å². The first-order chi connectivity index (χ1) is 17.3. The molecule has 2 aliphatic carbocycles. The van der Waals surface area contributed by atoms with Gasteiger partial charge in [0.15, 0.2) is 0 Å². The van der Waals surface area contributed by atoms with E-state index in [0.29, 0.717) is 11.8 Å². The summed E-state index contributed by atoms with van der Waals surface area (Å²) in [6.07, 6.45) is 4.16. The van der Waals surface area contributed by atoms with E-state index in [0.717, 1.165) is 25.7 Å². The third-order valence-corrected chi connectivity index (χ3v) is 8.81. The maximum Gasteiger partial charge on any atom is 0.308 e. The number of rotatable bonds is 6. The van der Waals surface area contributed by atoms with Crippen molar-refractivity contribution < 1.29 is 14.3 Å². The van der Waals surface area contributed by atoms with Crippen molar-refractivity contribution in [2.75, 3.05) is 0 Å². The number of esters is 1. The van der Waals surface area contributed by atoms with Gasteiger partial charge < -0.3 is 9.47 Å². The van der Waals surface area contributed by atoms with Gasteiger partial charge in [0.1, 0.15) is 6.10 Å². The topological polar surface area (TPSA) is 35.5 Å². The summed E-state index contributed by atoms with van der Waals surface area (Å²) < 4.78 is 12.7. The van der Waals surface area contributed by atoms with Crippen LogP contribution < -0.4 is 0 Å². The molecule has 36 heavy (non-hydrogen) atoms. The summed E-state index contributed by atoms with van der Waals surface area (Å²) in [5.41, 5.74) is 0.822. The molecular formula is C33H36O3. The van der Waals surface area contributed by atoms with Crippen LogP contribution in [0.4, 0.5) is 0 Å². The highest BCUT2D eigenvalue weighted by Crippen LogP contribution is 2.49. The van der Waals surface area contributed by atoms with E-state index in [1.165, 1.54) is 37.9 Å². The van der Waals surface area contributed by atoms with Gasteiger partial charge in [-0.05, 0) is 120 Å². The van der Waals surface area contributed by atoms with Crippen LogP contribution in [0.3, 0.4) is 0 Å². The Morgan fingerprint density at radius 1 is 0.806 bits per heavy atom. The molecule has 6 rings (SSSR count).